The van der Waals surface area contributed by atoms with E-state index in [1.807, 2.05) is 0 Å². The number of β-lactam (4-membered cyclic amide) rings is 1. The van der Waals surface area contributed by atoms with Crippen molar-refractivity contribution >= 4 is 70.2 Å². The van der Waals surface area contributed by atoms with E-state index in [-0.39, 0.29) is 27.8 Å². The topological polar surface area (TPSA) is 204 Å². The molecule has 14 nitrogen and oxygen atoms in total. The van der Waals surface area contributed by atoms with Crippen molar-refractivity contribution in [3.63, 3.8) is 0 Å². The van der Waals surface area contributed by atoms with E-state index < -0.39 is 53.2 Å². The number of carboxylic acid groups (broad SMARTS) is 1. The van der Waals surface area contributed by atoms with E-state index in [0.29, 0.717) is 27.1 Å². The van der Waals surface area contributed by atoms with Gasteiger partial charge in [-0.15, -0.1) is 22.0 Å². The van der Waals surface area contributed by atoms with Crippen LogP contribution in [0, 0.1) is 6.92 Å². The van der Waals surface area contributed by atoms with E-state index in [1.54, 1.807) is 12.4 Å². The van der Waals surface area contributed by atoms with E-state index in [4.69, 9.17) is 16.3 Å². The summed E-state index contributed by atoms with van der Waals surface area (Å²) < 4.78 is 5.98. The third-order valence-corrected chi connectivity index (χ3v) is 10.3. The van der Waals surface area contributed by atoms with Gasteiger partial charge in [-0.3, -0.25) is 24.1 Å². The number of pyridine rings is 1. The molecule has 18 heteroatoms. The SMILES string of the molecule is Cc1[nH]cc(OCC(=O)NC(C(=O)NC2C(=O)N3C(C(=O)O)=C(CSc4nncs4)CS[C@@H]23)c2ccc(O)cc2)c(=O)c1Cl. The highest BCUT2D eigenvalue weighted by atomic mass is 35.5. The zero-order valence-corrected chi connectivity index (χ0v) is 25.8. The molecule has 2 aliphatic rings. The molecule has 1 fully saturated rings. The van der Waals surface area contributed by atoms with E-state index >= 15 is 0 Å². The minimum absolute atomic E-state index is 0.0745. The minimum atomic E-state index is -1.32. The first kappa shape index (κ1) is 31.4. The van der Waals surface area contributed by atoms with Crippen molar-refractivity contribution < 1.29 is 34.1 Å². The van der Waals surface area contributed by atoms with E-state index in [2.05, 4.69) is 25.8 Å². The summed E-state index contributed by atoms with van der Waals surface area (Å²) in [6.45, 7) is 0.960. The number of benzene rings is 1. The first-order chi connectivity index (χ1) is 21.0. The Morgan fingerprint density at radius 3 is 2.70 bits per heavy atom. The van der Waals surface area contributed by atoms with Gasteiger partial charge in [0.1, 0.15) is 39.4 Å². The molecule has 2 aromatic heterocycles. The number of aryl methyl sites for hydroxylation is 1. The zero-order valence-electron chi connectivity index (χ0n) is 22.6. The van der Waals surface area contributed by atoms with Crippen LogP contribution in [0.4, 0.5) is 0 Å². The molecule has 2 aliphatic heterocycles. The van der Waals surface area contributed by atoms with Crippen LogP contribution in [0.1, 0.15) is 17.3 Å². The number of H-pyrrole nitrogens is 1. The first-order valence-corrected chi connectivity index (χ1v) is 16.0. The van der Waals surface area contributed by atoms with Gasteiger partial charge in [-0.1, -0.05) is 46.8 Å². The molecule has 0 radical (unpaired) electrons. The molecule has 3 amide bonds. The third kappa shape index (κ3) is 6.54. The number of aromatic amines is 1. The van der Waals surface area contributed by atoms with Gasteiger partial charge in [0.15, 0.2) is 16.7 Å². The molecular weight excluding hydrogens is 656 g/mol. The van der Waals surface area contributed by atoms with Crippen LogP contribution in [0.5, 0.6) is 11.5 Å². The highest BCUT2D eigenvalue weighted by Gasteiger charge is 2.54. The molecule has 1 aromatic carbocycles. The molecule has 5 rings (SSSR count). The normalized spacial score (nSPS) is 18.2. The Labute approximate surface area is 266 Å². The van der Waals surface area contributed by atoms with E-state index in [9.17, 15) is 34.2 Å². The standard InChI is InChI=1S/C26H23ClN6O8S3/c1-11-17(27)21(36)15(6-28-11)41-7-16(35)30-18(12-2-4-14(34)5-3-12)22(37)31-19-23(38)33-20(25(39)40)13(8-42-24(19)33)9-43-26-32-29-10-44-26/h2-6,10,18-19,24,34H,7-9H2,1H3,(H,28,36)(H,30,35)(H,31,37)(H,39,40)/t18?,19?,24-/m0/s1. The number of hydrogen-bond donors (Lipinski definition) is 5. The Kier molecular flexibility index (Phi) is 9.48. The molecule has 4 heterocycles. The smallest absolute Gasteiger partial charge is 0.352 e. The fraction of sp³-hybridized carbons (Fsp3) is 0.269. The van der Waals surface area contributed by atoms with Crippen molar-refractivity contribution in [3.05, 3.63) is 73.7 Å². The number of hydrogen-bond acceptors (Lipinski definition) is 12. The van der Waals surface area contributed by atoms with Crippen molar-refractivity contribution in [2.24, 2.45) is 0 Å². The molecule has 0 bridgehead atoms. The van der Waals surface area contributed by atoms with Crippen molar-refractivity contribution in [1.82, 2.24) is 30.7 Å². The van der Waals surface area contributed by atoms with Crippen LogP contribution in [0.2, 0.25) is 5.02 Å². The van der Waals surface area contributed by atoms with Gasteiger partial charge in [-0.2, -0.15) is 0 Å². The number of phenolic OH excluding ortho intramolecular Hbond substituents is 1. The molecule has 3 atom stereocenters. The summed E-state index contributed by atoms with van der Waals surface area (Å²) in [6, 6.07) is 3.11. The second-order valence-corrected chi connectivity index (χ2v) is 13.0. The predicted molar refractivity (Wildman–Crippen MR) is 162 cm³/mol. The number of aliphatic carboxylic acids is 1. The van der Waals surface area contributed by atoms with Gasteiger partial charge >= 0.3 is 5.97 Å². The van der Waals surface area contributed by atoms with Crippen LogP contribution in [-0.2, 0) is 19.2 Å². The number of halogens is 1. The minimum Gasteiger partial charge on any atom is -0.508 e. The largest absolute Gasteiger partial charge is 0.508 e. The lowest BCUT2D eigenvalue weighted by atomic mass is 10.0. The van der Waals surface area contributed by atoms with Gasteiger partial charge < -0.3 is 30.6 Å². The van der Waals surface area contributed by atoms with Crippen molar-refractivity contribution in [2.75, 3.05) is 18.1 Å². The van der Waals surface area contributed by atoms with Crippen LogP contribution >= 0.6 is 46.5 Å². The van der Waals surface area contributed by atoms with Crippen molar-refractivity contribution in [2.45, 2.75) is 28.7 Å². The molecule has 0 saturated carbocycles. The molecule has 230 valence electrons. The number of ether oxygens (including phenoxy) is 1. The Morgan fingerprint density at radius 1 is 1.27 bits per heavy atom. The summed E-state index contributed by atoms with van der Waals surface area (Å²) in [5.41, 5.74) is 2.07. The number of carbonyl (C=O) groups excluding carboxylic acids is 3. The lowest BCUT2D eigenvalue weighted by Crippen LogP contribution is -2.71. The number of rotatable bonds is 11. The maximum atomic E-state index is 13.5. The summed E-state index contributed by atoms with van der Waals surface area (Å²) in [7, 11) is 0. The summed E-state index contributed by atoms with van der Waals surface area (Å²) in [5.74, 6) is -3.05. The van der Waals surface area contributed by atoms with Gasteiger partial charge in [0.25, 0.3) is 11.8 Å². The van der Waals surface area contributed by atoms with Crippen molar-refractivity contribution in [1.29, 1.82) is 0 Å². The molecule has 2 unspecified atom stereocenters. The third-order valence-electron chi connectivity index (χ3n) is 6.58. The lowest BCUT2D eigenvalue weighted by Gasteiger charge is -2.49. The Morgan fingerprint density at radius 2 is 2.02 bits per heavy atom. The molecule has 0 aliphatic carbocycles. The van der Waals surface area contributed by atoms with Gasteiger partial charge in [0, 0.05) is 23.4 Å². The van der Waals surface area contributed by atoms with Gasteiger partial charge in [0.05, 0.1) is 0 Å². The van der Waals surface area contributed by atoms with Crippen LogP contribution in [0.25, 0.3) is 0 Å². The summed E-state index contributed by atoms with van der Waals surface area (Å²) in [5, 5.41) is 31.7. The number of carboxylic acids is 1. The highest BCUT2D eigenvalue weighted by Crippen LogP contribution is 2.42. The van der Waals surface area contributed by atoms with Crippen molar-refractivity contribution in [3.8, 4) is 11.5 Å². The molecule has 1 saturated heterocycles. The van der Waals surface area contributed by atoms with Gasteiger partial charge in [-0.25, -0.2) is 4.79 Å². The number of nitrogens with zero attached hydrogens (tertiary/aromatic N) is 3. The first-order valence-electron chi connectivity index (χ1n) is 12.7. The van der Waals surface area contributed by atoms with Crippen LogP contribution in [-0.4, -0.2) is 83.5 Å². The zero-order chi connectivity index (χ0) is 31.5. The maximum Gasteiger partial charge on any atom is 0.352 e. The predicted octanol–water partition coefficient (Wildman–Crippen LogP) is 1.66. The summed E-state index contributed by atoms with van der Waals surface area (Å²) in [6.07, 6.45) is 1.26. The lowest BCUT2D eigenvalue weighted by molar-refractivity contribution is -0.151. The molecular formula is C26H23ClN6O8S3. The summed E-state index contributed by atoms with van der Waals surface area (Å²) >= 11 is 9.88. The number of thioether (sulfide) groups is 2. The maximum absolute atomic E-state index is 13.5. The van der Waals surface area contributed by atoms with Gasteiger partial charge in [-0.05, 0) is 30.2 Å². The van der Waals surface area contributed by atoms with Crippen LogP contribution < -0.4 is 20.8 Å². The molecule has 5 N–H and O–H groups in total. The molecule has 3 aromatic rings. The Hall–Kier alpha value is -4.06. The van der Waals surface area contributed by atoms with E-state index in [1.165, 1.54) is 65.3 Å². The number of fused-ring (bicyclic) bond motifs is 1. The second-order valence-electron chi connectivity index (χ2n) is 9.45. The number of nitrogens with one attached hydrogen (secondary N) is 3. The highest BCUT2D eigenvalue weighted by molar-refractivity contribution is 8.01. The fourth-order valence-corrected chi connectivity index (χ4v) is 7.53. The fourth-order valence-electron chi connectivity index (χ4n) is 4.41. The number of aromatic hydroxyl groups is 1. The quantitative estimate of drug-likeness (QED) is 0.145. The van der Waals surface area contributed by atoms with Gasteiger partial charge in [0.2, 0.25) is 11.3 Å². The summed E-state index contributed by atoms with van der Waals surface area (Å²) in [4.78, 5) is 67.9. The van der Waals surface area contributed by atoms with E-state index in [0.717, 1.165) is 4.90 Å². The Bertz CT molecular complexity index is 1700. The number of phenols is 1. The number of amides is 3. The number of aromatic nitrogens is 3. The van der Waals surface area contributed by atoms with Crippen LogP contribution in [0.3, 0.4) is 0 Å². The average Bonchev–Trinajstić information content (AvgIpc) is 3.53. The monoisotopic (exact) mass is 678 g/mol. The second kappa shape index (κ2) is 13.3. The molecule has 0 spiro atoms. The average molecular weight is 679 g/mol. The number of carbonyl (C=O) groups is 4. The van der Waals surface area contributed by atoms with Crippen LogP contribution in [0.15, 0.2) is 56.4 Å². The molecule has 44 heavy (non-hydrogen) atoms. The Balaban J connectivity index is 1.28.